The highest BCUT2D eigenvalue weighted by Crippen LogP contribution is 2.52. The Morgan fingerprint density at radius 3 is 1.37 bits per heavy atom. The SMILES string of the molecule is OC1(c2ccccc2)CCCC1(O)c1ccccc1. The molecule has 0 aliphatic heterocycles. The summed E-state index contributed by atoms with van der Waals surface area (Å²) < 4.78 is 0. The van der Waals surface area contributed by atoms with Crippen molar-refractivity contribution >= 4 is 0 Å². The van der Waals surface area contributed by atoms with Crippen LogP contribution in [-0.4, -0.2) is 10.2 Å². The third-order valence-corrected chi connectivity index (χ3v) is 4.26. The lowest BCUT2D eigenvalue weighted by Crippen LogP contribution is -2.45. The van der Waals surface area contributed by atoms with Gasteiger partial charge in [0.25, 0.3) is 0 Å². The second kappa shape index (κ2) is 4.48. The van der Waals surface area contributed by atoms with Crippen LogP contribution in [0.3, 0.4) is 0 Å². The average molecular weight is 254 g/mol. The molecule has 2 unspecified atom stereocenters. The van der Waals surface area contributed by atoms with Crippen LogP contribution >= 0.6 is 0 Å². The Labute approximate surface area is 113 Å². The summed E-state index contributed by atoms with van der Waals surface area (Å²) in [5.74, 6) is 0. The van der Waals surface area contributed by atoms with Crippen LogP contribution in [0.4, 0.5) is 0 Å². The Bertz CT molecular complexity index is 500. The van der Waals surface area contributed by atoms with Crippen LogP contribution in [0.25, 0.3) is 0 Å². The van der Waals surface area contributed by atoms with Crippen molar-refractivity contribution in [3.63, 3.8) is 0 Å². The smallest absolute Gasteiger partial charge is 0.122 e. The van der Waals surface area contributed by atoms with Crippen molar-refractivity contribution in [1.82, 2.24) is 0 Å². The van der Waals surface area contributed by atoms with Crippen molar-refractivity contribution in [2.45, 2.75) is 30.5 Å². The van der Waals surface area contributed by atoms with Crippen LogP contribution in [-0.2, 0) is 11.2 Å². The van der Waals surface area contributed by atoms with Crippen molar-refractivity contribution < 1.29 is 10.2 Å². The maximum Gasteiger partial charge on any atom is 0.122 e. The highest BCUT2D eigenvalue weighted by molar-refractivity contribution is 5.35. The van der Waals surface area contributed by atoms with E-state index in [0.29, 0.717) is 12.8 Å². The van der Waals surface area contributed by atoms with Crippen LogP contribution in [0, 0.1) is 0 Å². The number of hydrogen-bond donors (Lipinski definition) is 2. The van der Waals surface area contributed by atoms with Gasteiger partial charge in [0.05, 0.1) is 0 Å². The molecule has 98 valence electrons. The Kier molecular flexibility index (Phi) is 2.92. The quantitative estimate of drug-likeness (QED) is 0.865. The van der Waals surface area contributed by atoms with Gasteiger partial charge < -0.3 is 10.2 Å². The van der Waals surface area contributed by atoms with E-state index >= 15 is 0 Å². The van der Waals surface area contributed by atoms with E-state index in [-0.39, 0.29) is 0 Å². The fourth-order valence-electron chi connectivity index (χ4n) is 3.21. The molecule has 0 bridgehead atoms. The van der Waals surface area contributed by atoms with Gasteiger partial charge in [0.2, 0.25) is 0 Å². The van der Waals surface area contributed by atoms with Crippen LogP contribution in [0.1, 0.15) is 30.4 Å². The van der Waals surface area contributed by atoms with Gasteiger partial charge in [-0.2, -0.15) is 0 Å². The molecule has 2 aromatic rings. The predicted octanol–water partition coefficient (Wildman–Crippen LogP) is 2.95. The minimum atomic E-state index is -1.20. The Morgan fingerprint density at radius 1 is 0.632 bits per heavy atom. The van der Waals surface area contributed by atoms with Crippen LogP contribution in [0.2, 0.25) is 0 Å². The first kappa shape index (κ1) is 12.4. The standard InChI is InChI=1S/C17H18O2/c18-16(14-8-3-1-4-9-14)12-7-13-17(16,19)15-10-5-2-6-11-15/h1-6,8-11,18-19H,7,12-13H2. The van der Waals surface area contributed by atoms with Gasteiger partial charge in [-0.25, -0.2) is 0 Å². The summed E-state index contributed by atoms with van der Waals surface area (Å²) in [6.07, 6.45) is 1.99. The normalized spacial score (nSPS) is 30.4. The van der Waals surface area contributed by atoms with Crippen molar-refractivity contribution in [1.29, 1.82) is 0 Å². The lowest BCUT2D eigenvalue weighted by Gasteiger charge is -2.39. The summed E-state index contributed by atoms with van der Waals surface area (Å²) in [4.78, 5) is 0. The largest absolute Gasteiger partial charge is 0.382 e. The number of rotatable bonds is 2. The molecule has 2 aromatic carbocycles. The molecule has 0 heterocycles. The molecule has 0 aromatic heterocycles. The van der Waals surface area contributed by atoms with Gasteiger partial charge in [0, 0.05) is 0 Å². The summed E-state index contributed by atoms with van der Waals surface area (Å²) in [6, 6.07) is 19.0. The highest BCUT2D eigenvalue weighted by Gasteiger charge is 2.54. The molecule has 0 saturated heterocycles. The fraction of sp³-hybridized carbons (Fsp3) is 0.294. The molecule has 0 spiro atoms. The van der Waals surface area contributed by atoms with Gasteiger partial charge in [-0.15, -0.1) is 0 Å². The van der Waals surface area contributed by atoms with E-state index in [4.69, 9.17) is 0 Å². The lowest BCUT2D eigenvalue weighted by atomic mass is 9.76. The zero-order valence-electron chi connectivity index (χ0n) is 10.8. The molecule has 1 aliphatic carbocycles. The zero-order valence-corrected chi connectivity index (χ0v) is 10.8. The average Bonchev–Trinajstić information content (AvgIpc) is 2.79. The molecule has 1 aliphatic rings. The van der Waals surface area contributed by atoms with Gasteiger partial charge >= 0.3 is 0 Å². The molecular formula is C17H18O2. The van der Waals surface area contributed by atoms with Crippen molar-refractivity contribution in [2.24, 2.45) is 0 Å². The molecular weight excluding hydrogens is 236 g/mol. The van der Waals surface area contributed by atoms with Gasteiger partial charge in [-0.05, 0) is 30.4 Å². The Hall–Kier alpha value is -1.64. The topological polar surface area (TPSA) is 40.5 Å². The fourth-order valence-corrected chi connectivity index (χ4v) is 3.21. The van der Waals surface area contributed by atoms with Gasteiger partial charge in [0.1, 0.15) is 11.2 Å². The maximum absolute atomic E-state index is 11.1. The Balaban J connectivity index is 2.11. The lowest BCUT2D eigenvalue weighted by molar-refractivity contribution is -0.143. The minimum Gasteiger partial charge on any atom is -0.382 e. The Morgan fingerprint density at radius 2 is 1.00 bits per heavy atom. The first-order valence-corrected chi connectivity index (χ1v) is 6.73. The molecule has 2 N–H and O–H groups in total. The molecule has 2 heteroatoms. The second-order valence-corrected chi connectivity index (χ2v) is 5.31. The van der Waals surface area contributed by atoms with E-state index in [9.17, 15) is 10.2 Å². The molecule has 2 atom stereocenters. The summed E-state index contributed by atoms with van der Waals surface area (Å²) in [5.41, 5.74) is -0.816. The van der Waals surface area contributed by atoms with Crippen LogP contribution < -0.4 is 0 Å². The van der Waals surface area contributed by atoms with Crippen LogP contribution in [0.15, 0.2) is 60.7 Å². The molecule has 19 heavy (non-hydrogen) atoms. The maximum atomic E-state index is 11.1. The first-order chi connectivity index (χ1) is 9.17. The monoisotopic (exact) mass is 254 g/mol. The third-order valence-electron chi connectivity index (χ3n) is 4.26. The number of benzene rings is 2. The van der Waals surface area contributed by atoms with E-state index in [1.165, 1.54) is 0 Å². The molecule has 3 rings (SSSR count). The van der Waals surface area contributed by atoms with E-state index in [0.717, 1.165) is 17.5 Å². The second-order valence-electron chi connectivity index (χ2n) is 5.31. The molecule has 0 radical (unpaired) electrons. The van der Waals surface area contributed by atoms with Crippen molar-refractivity contribution in [2.75, 3.05) is 0 Å². The third kappa shape index (κ3) is 1.79. The summed E-state index contributed by atoms with van der Waals surface area (Å²) >= 11 is 0. The molecule has 1 saturated carbocycles. The number of aliphatic hydroxyl groups is 2. The minimum absolute atomic E-state index is 0.586. The first-order valence-electron chi connectivity index (χ1n) is 6.73. The van der Waals surface area contributed by atoms with Gasteiger partial charge in [-0.1, -0.05) is 60.7 Å². The summed E-state index contributed by atoms with van der Waals surface area (Å²) in [6.45, 7) is 0. The van der Waals surface area contributed by atoms with Gasteiger partial charge in [0.15, 0.2) is 0 Å². The van der Waals surface area contributed by atoms with E-state index in [1.54, 1.807) is 0 Å². The van der Waals surface area contributed by atoms with Gasteiger partial charge in [-0.3, -0.25) is 0 Å². The van der Waals surface area contributed by atoms with Crippen molar-refractivity contribution in [3.05, 3.63) is 71.8 Å². The molecule has 0 amide bonds. The van der Waals surface area contributed by atoms with E-state index < -0.39 is 11.2 Å². The summed E-state index contributed by atoms with van der Waals surface area (Å²) in [5, 5.41) is 22.2. The van der Waals surface area contributed by atoms with Crippen LogP contribution in [0.5, 0.6) is 0 Å². The zero-order chi connectivity index (χ0) is 13.3. The molecule has 1 fully saturated rings. The number of hydrogen-bond acceptors (Lipinski definition) is 2. The van der Waals surface area contributed by atoms with E-state index in [1.807, 2.05) is 60.7 Å². The van der Waals surface area contributed by atoms with E-state index in [2.05, 4.69) is 0 Å². The summed E-state index contributed by atoms with van der Waals surface area (Å²) in [7, 11) is 0. The highest BCUT2D eigenvalue weighted by atomic mass is 16.4. The van der Waals surface area contributed by atoms with Crippen molar-refractivity contribution in [3.8, 4) is 0 Å². The molecule has 2 nitrogen and oxygen atoms in total. The predicted molar refractivity (Wildman–Crippen MR) is 74.5 cm³/mol.